The predicted molar refractivity (Wildman–Crippen MR) is 160 cm³/mol. The van der Waals surface area contributed by atoms with Gasteiger partial charge < -0.3 is 33.5 Å². The van der Waals surface area contributed by atoms with Crippen molar-refractivity contribution in [2.75, 3.05) is 28.4 Å². The molecule has 1 aliphatic heterocycles. The Morgan fingerprint density at radius 2 is 1.58 bits per heavy atom. The van der Waals surface area contributed by atoms with E-state index in [1.165, 1.54) is 14.2 Å². The van der Waals surface area contributed by atoms with Gasteiger partial charge in [-0.3, -0.25) is 0 Å². The van der Waals surface area contributed by atoms with E-state index in [9.17, 15) is 9.90 Å². The van der Waals surface area contributed by atoms with Crippen LogP contribution in [0.4, 0.5) is 0 Å². The van der Waals surface area contributed by atoms with Gasteiger partial charge in [0.1, 0.15) is 22.5 Å². The molecule has 1 saturated carbocycles. The minimum absolute atomic E-state index is 0.0875. The highest BCUT2D eigenvalue weighted by atomic mass is 32.1. The summed E-state index contributed by atoms with van der Waals surface area (Å²) in [5.41, 5.74) is 3.33. The summed E-state index contributed by atoms with van der Waals surface area (Å²) in [5, 5.41) is 12.3. The molecule has 224 valence electrons. The molecule has 0 saturated heterocycles. The van der Waals surface area contributed by atoms with Crippen LogP contribution >= 0.6 is 11.7 Å². The number of hydrogen-bond donors (Lipinski definition) is 1. The fraction of sp³-hybridized carbons (Fsp3) is 0.344. The first-order valence-corrected chi connectivity index (χ1v) is 14.7. The monoisotopic (exact) mass is 604 g/mol. The number of aliphatic hydroxyl groups is 1. The van der Waals surface area contributed by atoms with E-state index in [0.717, 1.165) is 37.4 Å². The van der Waals surface area contributed by atoms with E-state index in [1.807, 2.05) is 12.1 Å². The van der Waals surface area contributed by atoms with Crippen LogP contribution in [0, 0.1) is 0 Å². The largest absolute Gasteiger partial charge is 0.497 e. The second kappa shape index (κ2) is 11.7. The SMILES string of the molecule is COc1ccc(OC)c(C2(O)OC(=O)C(c3ccc4nsnc4c3)=C2Cc2cc(OC)c(OC3CCCC3)c(OC)c2)c1. The number of rotatable bonds is 10. The molecule has 1 aromatic heterocycles. The number of cyclic esters (lactones) is 1. The van der Waals surface area contributed by atoms with E-state index in [2.05, 4.69) is 8.75 Å². The molecular weight excluding hydrogens is 572 g/mol. The standard InChI is InChI=1S/C32H32N2O8S/c1-37-21-10-12-26(38-2)22(17-21)32(36)23(29(31(35)42-32)19-9-11-24-25(16-19)34-43-33-24)13-18-14-27(39-3)30(28(15-18)40-4)41-20-7-5-6-8-20/h9-12,14-17,20,36H,5-8,13H2,1-4H3. The van der Waals surface area contributed by atoms with Crippen LogP contribution in [0.15, 0.2) is 54.1 Å². The van der Waals surface area contributed by atoms with Gasteiger partial charge in [0.2, 0.25) is 5.75 Å². The number of hydrogen-bond acceptors (Lipinski definition) is 11. The molecule has 3 aromatic carbocycles. The van der Waals surface area contributed by atoms with E-state index in [-0.39, 0.29) is 23.7 Å². The first kappa shape index (κ1) is 28.8. The minimum atomic E-state index is -2.18. The van der Waals surface area contributed by atoms with Crippen LogP contribution in [-0.4, -0.2) is 54.4 Å². The lowest BCUT2D eigenvalue weighted by atomic mass is 9.87. The lowest BCUT2D eigenvalue weighted by molar-refractivity contribution is -0.185. The van der Waals surface area contributed by atoms with Crippen LogP contribution in [0.5, 0.6) is 28.7 Å². The zero-order chi connectivity index (χ0) is 30.1. The molecule has 0 spiro atoms. The molecule has 11 heteroatoms. The zero-order valence-corrected chi connectivity index (χ0v) is 25.2. The molecule has 6 rings (SSSR count). The van der Waals surface area contributed by atoms with Crippen molar-refractivity contribution in [1.82, 2.24) is 8.75 Å². The van der Waals surface area contributed by atoms with Gasteiger partial charge in [-0.25, -0.2) is 4.79 Å². The number of nitrogens with zero attached hydrogens (tertiary/aromatic N) is 2. The number of aromatic nitrogens is 2. The topological polar surface area (TPSA) is 118 Å². The molecule has 1 atom stereocenters. The highest BCUT2D eigenvalue weighted by Crippen LogP contribution is 2.49. The molecule has 43 heavy (non-hydrogen) atoms. The van der Waals surface area contributed by atoms with Crippen LogP contribution in [-0.2, 0) is 21.7 Å². The maximum Gasteiger partial charge on any atom is 0.342 e. The predicted octanol–water partition coefficient (Wildman–Crippen LogP) is 5.45. The van der Waals surface area contributed by atoms with Crippen molar-refractivity contribution in [2.24, 2.45) is 0 Å². The maximum absolute atomic E-state index is 13.7. The van der Waals surface area contributed by atoms with Crippen LogP contribution in [0.1, 0.15) is 42.4 Å². The molecule has 4 aromatic rings. The smallest absolute Gasteiger partial charge is 0.342 e. The van der Waals surface area contributed by atoms with Gasteiger partial charge in [-0.05, 0) is 79.3 Å². The summed E-state index contributed by atoms with van der Waals surface area (Å²) in [6.45, 7) is 0. The summed E-state index contributed by atoms with van der Waals surface area (Å²) in [5.74, 6) is -0.576. The van der Waals surface area contributed by atoms with Crippen molar-refractivity contribution in [3.8, 4) is 28.7 Å². The van der Waals surface area contributed by atoms with Gasteiger partial charge in [-0.1, -0.05) is 6.07 Å². The van der Waals surface area contributed by atoms with Crippen molar-refractivity contribution in [3.05, 3.63) is 70.8 Å². The number of esters is 1. The Labute approximate surface area is 253 Å². The lowest BCUT2D eigenvalue weighted by Crippen LogP contribution is -2.30. The summed E-state index contributed by atoms with van der Waals surface area (Å²) in [6, 6.07) is 13.9. The third-order valence-electron chi connectivity index (χ3n) is 7.96. The fourth-order valence-electron chi connectivity index (χ4n) is 5.80. The Hall–Kier alpha value is -4.35. The second-order valence-corrected chi connectivity index (χ2v) is 11.0. The quantitative estimate of drug-likeness (QED) is 0.234. The van der Waals surface area contributed by atoms with Gasteiger partial charge in [0.05, 0.1) is 57.4 Å². The average molecular weight is 605 g/mol. The highest BCUT2D eigenvalue weighted by molar-refractivity contribution is 7.00. The Morgan fingerprint density at radius 1 is 0.884 bits per heavy atom. The summed E-state index contributed by atoms with van der Waals surface area (Å²) in [6.07, 6.45) is 4.36. The summed E-state index contributed by atoms with van der Waals surface area (Å²) < 4.78 is 43.3. The number of ether oxygens (including phenoxy) is 6. The zero-order valence-electron chi connectivity index (χ0n) is 24.3. The molecule has 0 amide bonds. The molecule has 0 bridgehead atoms. The van der Waals surface area contributed by atoms with E-state index in [1.54, 1.807) is 50.6 Å². The Morgan fingerprint density at radius 3 is 2.26 bits per heavy atom. The van der Waals surface area contributed by atoms with Gasteiger partial charge in [-0.2, -0.15) is 8.75 Å². The molecule has 0 radical (unpaired) electrons. The fourth-order valence-corrected chi connectivity index (χ4v) is 6.32. The van der Waals surface area contributed by atoms with Crippen molar-refractivity contribution in [1.29, 1.82) is 0 Å². The molecule has 10 nitrogen and oxygen atoms in total. The summed E-state index contributed by atoms with van der Waals surface area (Å²) in [7, 11) is 6.14. The third-order valence-corrected chi connectivity index (χ3v) is 8.51. The Kier molecular flexibility index (Phi) is 7.85. The van der Waals surface area contributed by atoms with Crippen LogP contribution in [0.2, 0.25) is 0 Å². The van der Waals surface area contributed by atoms with E-state index < -0.39 is 11.8 Å². The van der Waals surface area contributed by atoms with Gasteiger partial charge >= 0.3 is 5.97 Å². The Balaban J connectivity index is 1.52. The van der Waals surface area contributed by atoms with Crippen LogP contribution in [0.25, 0.3) is 16.6 Å². The van der Waals surface area contributed by atoms with Crippen LogP contribution in [0.3, 0.4) is 0 Å². The molecule has 2 heterocycles. The van der Waals surface area contributed by atoms with Crippen molar-refractivity contribution in [2.45, 2.75) is 44.0 Å². The lowest BCUT2D eigenvalue weighted by Gasteiger charge is -2.28. The van der Waals surface area contributed by atoms with E-state index in [4.69, 9.17) is 28.4 Å². The average Bonchev–Trinajstić information content (AvgIpc) is 3.77. The number of carbonyl (C=O) groups excluding carboxylic acids is 1. The highest BCUT2D eigenvalue weighted by Gasteiger charge is 2.50. The molecular formula is C32H32N2O8S. The van der Waals surface area contributed by atoms with Crippen molar-refractivity contribution >= 4 is 34.3 Å². The second-order valence-electron chi connectivity index (χ2n) is 10.5. The molecule has 1 fully saturated rings. The van der Waals surface area contributed by atoms with Gasteiger partial charge in [0.15, 0.2) is 11.5 Å². The van der Waals surface area contributed by atoms with Gasteiger partial charge in [0.25, 0.3) is 5.79 Å². The molecule has 1 unspecified atom stereocenters. The van der Waals surface area contributed by atoms with E-state index in [0.29, 0.717) is 56.5 Å². The number of methoxy groups -OCH3 is 4. The van der Waals surface area contributed by atoms with Gasteiger partial charge in [0, 0.05) is 12.0 Å². The summed E-state index contributed by atoms with van der Waals surface area (Å²) in [4.78, 5) is 13.7. The number of carbonyl (C=O) groups is 1. The third kappa shape index (κ3) is 5.23. The normalized spacial score (nSPS) is 18.7. The number of fused-ring (bicyclic) bond motifs is 1. The first-order valence-electron chi connectivity index (χ1n) is 13.9. The van der Waals surface area contributed by atoms with Crippen molar-refractivity contribution in [3.63, 3.8) is 0 Å². The number of benzene rings is 3. The maximum atomic E-state index is 13.7. The molecule has 1 N–H and O–H groups in total. The van der Waals surface area contributed by atoms with E-state index >= 15 is 0 Å². The first-order chi connectivity index (χ1) is 20.9. The Bertz CT molecular complexity index is 1690. The van der Waals surface area contributed by atoms with Crippen molar-refractivity contribution < 1.29 is 38.3 Å². The summed E-state index contributed by atoms with van der Waals surface area (Å²) >= 11 is 1.08. The van der Waals surface area contributed by atoms with Gasteiger partial charge in [-0.15, -0.1) is 0 Å². The van der Waals surface area contributed by atoms with Crippen LogP contribution < -0.4 is 23.7 Å². The minimum Gasteiger partial charge on any atom is -0.497 e. The molecule has 2 aliphatic rings. The molecule has 1 aliphatic carbocycles.